The molecule has 5 atom stereocenters. The lowest BCUT2D eigenvalue weighted by atomic mass is 9.48. The lowest BCUT2D eigenvalue weighted by Crippen LogP contribution is -2.78. The molecule has 7 rings (SSSR count). The molecule has 8 nitrogen and oxygen atoms in total. The number of nitrogens with zero attached hydrogens (tertiary/aromatic N) is 2. The van der Waals surface area contributed by atoms with Crippen molar-refractivity contribution in [3.05, 3.63) is 88.9 Å². The second-order valence-corrected chi connectivity index (χ2v) is 11.8. The summed E-state index contributed by atoms with van der Waals surface area (Å²) in [4.78, 5) is 30.8. The van der Waals surface area contributed by atoms with Gasteiger partial charge in [0.15, 0.2) is 11.5 Å². The summed E-state index contributed by atoms with van der Waals surface area (Å²) in [5.41, 5.74) is 2.59. The molecule has 4 aliphatic rings. The van der Waals surface area contributed by atoms with Crippen molar-refractivity contribution in [3.8, 4) is 11.5 Å². The zero-order valence-electron chi connectivity index (χ0n) is 23.5. The average Bonchev–Trinajstić information content (AvgIpc) is 3.62. The van der Waals surface area contributed by atoms with Gasteiger partial charge in [-0.2, -0.15) is 0 Å². The van der Waals surface area contributed by atoms with E-state index < -0.39 is 23.2 Å². The van der Waals surface area contributed by atoms with Crippen LogP contribution in [0.2, 0.25) is 0 Å². The lowest BCUT2D eigenvalue weighted by Gasteiger charge is -2.64. The summed E-state index contributed by atoms with van der Waals surface area (Å²) in [5, 5.41) is 12.8. The molecule has 2 bridgehead atoms. The molecule has 41 heavy (non-hydrogen) atoms. The van der Waals surface area contributed by atoms with E-state index in [2.05, 4.69) is 0 Å². The molecule has 1 saturated carbocycles. The fourth-order valence-electron chi connectivity index (χ4n) is 7.99. The van der Waals surface area contributed by atoms with Gasteiger partial charge in [-0.15, -0.1) is 0 Å². The molecule has 1 spiro atoms. The van der Waals surface area contributed by atoms with E-state index in [-0.39, 0.29) is 17.9 Å². The number of carbonyl (C=O) groups excluding carboxylic acids is 2. The first-order valence-electron chi connectivity index (χ1n) is 14.2. The Labute approximate surface area is 239 Å². The third-order valence-electron chi connectivity index (χ3n) is 10.0. The van der Waals surface area contributed by atoms with Crippen LogP contribution in [0.3, 0.4) is 0 Å². The molecule has 2 aromatic carbocycles. The smallest absolute Gasteiger partial charge is 0.254 e. The first kappa shape index (κ1) is 25.9. The number of amides is 2. The molecule has 8 heteroatoms. The van der Waals surface area contributed by atoms with E-state index in [1.807, 2.05) is 48.2 Å². The highest BCUT2D eigenvalue weighted by Crippen LogP contribution is 2.66. The van der Waals surface area contributed by atoms with Crippen molar-refractivity contribution in [3.63, 3.8) is 0 Å². The number of methoxy groups -OCH3 is 1. The molecule has 3 aromatic rings. The number of hydrogen-bond acceptors (Lipinski definition) is 6. The molecule has 3 heterocycles. The first-order chi connectivity index (χ1) is 19.8. The molecule has 1 unspecified atom stereocenters. The zero-order valence-corrected chi connectivity index (χ0v) is 23.5. The fourth-order valence-corrected chi connectivity index (χ4v) is 7.99. The monoisotopic (exact) mass is 554 g/mol. The predicted octanol–water partition coefficient (Wildman–Crippen LogP) is 4.13. The normalized spacial score (nSPS) is 29.2. The summed E-state index contributed by atoms with van der Waals surface area (Å²) in [7, 11) is 3.42. The van der Waals surface area contributed by atoms with Crippen molar-refractivity contribution >= 4 is 17.9 Å². The quantitative estimate of drug-likeness (QED) is 0.477. The number of hydrogen-bond donors (Lipinski definition) is 1. The van der Waals surface area contributed by atoms with Crippen LogP contribution in [-0.2, 0) is 16.6 Å². The Morgan fingerprint density at radius 1 is 1.15 bits per heavy atom. The molecule has 1 aromatic heterocycles. The van der Waals surface area contributed by atoms with Gasteiger partial charge >= 0.3 is 0 Å². The van der Waals surface area contributed by atoms with Crippen molar-refractivity contribution in [2.75, 3.05) is 20.7 Å². The number of aliphatic hydroxyl groups is 1. The van der Waals surface area contributed by atoms with Gasteiger partial charge in [0.1, 0.15) is 6.10 Å². The summed E-state index contributed by atoms with van der Waals surface area (Å²) in [6, 6.07) is 12.7. The van der Waals surface area contributed by atoms with Crippen LogP contribution in [0, 0.1) is 6.92 Å². The molecular formula is C33H34N2O6. The van der Waals surface area contributed by atoms with Crippen LogP contribution >= 0.6 is 0 Å². The predicted molar refractivity (Wildman–Crippen MR) is 152 cm³/mol. The van der Waals surface area contributed by atoms with E-state index in [9.17, 15) is 14.7 Å². The van der Waals surface area contributed by atoms with E-state index >= 15 is 0 Å². The summed E-state index contributed by atoms with van der Waals surface area (Å²) in [5.74, 6) is 1.07. The molecule has 0 radical (unpaired) electrons. The van der Waals surface area contributed by atoms with Crippen LogP contribution in [0.5, 0.6) is 11.5 Å². The number of likely N-dealkylation sites (N-methyl/N-ethyl adjacent to an activating group) is 1. The Bertz CT molecular complexity index is 1550. The topological polar surface area (TPSA) is 92.4 Å². The number of furan rings is 1. The lowest BCUT2D eigenvalue weighted by molar-refractivity contribution is -0.191. The van der Waals surface area contributed by atoms with Crippen molar-refractivity contribution in [2.45, 2.75) is 61.8 Å². The molecule has 2 amide bonds. The number of carbonyl (C=O) groups is 2. The highest BCUT2D eigenvalue weighted by molar-refractivity contribution is 5.95. The van der Waals surface area contributed by atoms with Crippen molar-refractivity contribution in [1.82, 2.24) is 9.80 Å². The third kappa shape index (κ3) is 3.56. The zero-order chi connectivity index (χ0) is 28.5. The van der Waals surface area contributed by atoms with Gasteiger partial charge in [-0.3, -0.25) is 9.59 Å². The summed E-state index contributed by atoms with van der Waals surface area (Å²) < 4.78 is 17.6. The first-order valence-corrected chi connectivity index (χ1v) is 14.2. The highest BCUT2D eigenvalue weighted by atomic mass is 16.5. The Balaban J connectivity index is 1.29. The maximum atomic E-state index is 13.9. The second-order valence-electron chi connectivity index (χ2n) is 11.8. The van der Waals surface area contributed by atoms with Crippen LogP contribution in [0.25, 0.3) is 6.08 Å². The van der Waals surface area contributed by atoms with Crippen LogP contribution in [0.1, 0.15) is 51.9 Å². The van der Waals surface area contributed by atoms with Gasteiger partial charge in [0.05, 0.1) is 42.7 Å². The minimum Gasteiger partial charge on any atom is -0.493 e. The highest BCUT2D eigenvalue weighted by Gasteiger charge is 2.74. The molecule has 2 fully saturated rings. The molecule has 1 saturated heterocycles. The maximum Gasteiger partial charge on any atom is 0.254 e. The van der Waals surface area contributed by atoms with E-state index in [1.165, 1.54) is 0 Å². The molecule has 2 aliphatic heterocycles. The van der Waals surface area contributed by atoms with Gasteiger partial charge in [0.25, 0.3) is 5.91 Å². The maximum absolute atomic E-state index is 13.9. The number of likely N-dealkylation sites (tertiary alicyclic amines) is 1. The summed E-state index contributed by atoms with van der Waals surface area (Å²) in [6.45, 7) is 2.49. The standard InChI is InChI=1S/C33H34N2O6/c1-20-4-7-22(8-5-20)31(37)35-16-15-32-28-23-9-10-25(39-3)29(28)41-30(32)24(12-14-33(32,38)26(35)18-23)34(2)27(36)11-6-21-13-17-40-19-21/h4-11,13,17,19,24,26,30,38H,12,14-16,18H2,1-3H3/b11-6+/t24-,26-,30+,32?,33-/m1/s1. The Morgan fingerprint density at radius 2 is 1.95 bits per heavy atom. The van der Waals surface area contributed by atoms with E-state index in [1.54, 1.807) is 49.8 Å². The number of rotatable bonds is 5. The van der Waals surface area contributed by atoms with Gasteiger partial charge in [0.2, 0.25) is 5.91 Å². The summed E-state index contributed by atoms with van der Waals surface area (Å²) in [6.07, 6.45) is 7.99. The van der Waals surface area contributed by atoms with Gasteiger partial charge < -0.3 is 28.8 Å². The van der Waals surface area contributed by atoms with E-state index in [0.29, 0.717) is 49.3 Å². The average molecular weight is 555 g/mol. The van der Waals surface area contributed by atoms with E-state index in [4.69, 9.17) is 13.9 Å². The minimum absolute atomic E-state index is 0.0651. The van der Waals surface area contributed by atoms with Crippen LogP contribution in [0.4, 0.5) is 0 Å². The Kier molecular flexibility index (Phi) is 5.84. The van der Waals surface area contributed by atoms with E-state index in [0.717, 1.165) is 22.3 Å². The van der Waals surface area contributed by atoms with Crippen molar-refractivity contribution in [2.24, 2.45) is 0 Å². The van der Waals surface area contributed by atoms with Crippen LogP contribution < -0.4 is 9.47 Å². The number of aryl methyl sites for hydroxylation is 1. The van der Waals surface area contributed by atoms with Crippen molar-refractivity contribution in [1.29, 1.82) is 0 Å². The third-order valence-corrected chi connectivity index (χ3v) is 10.0. The van der Waals surface area contributed by atoms with Gasteiger partial charge in [-0.1, -0.05) is 23.8 Å². The van der Waals surface area contributed by atoms with Gasteiger partial charge in [-0.25, -0.2) is 0 Å². The Hall–Kier alpha value is -4.04. The van der Waals surface area contributed by atoms with Crippen LogP contribution in [0.15, 0.2) is 65.5 Å². The SMILES string of the molecule is COc1ccc2c3c1O[C@H]1[C@H](N(C)C(=O)/C=C/c4ccoc4)CC[C@@]4(O)[C@@H](C2)N(C(=O)c2ccc(C)cc2)CCC314. The number of piperidine rings is 1. The Morgan fingerprint density at radius 3 is 2.68 bits per heavy atom. The largest absolute Gasteiger partial charge is 0.493 e. The molecule has 2 aliphatic carbocycles. The molecule has 212 valence electrons. The van der Waals surface area contributed by atoms with Crippen LogP contribution in [-0.4, -0.2) is 71.2 Å². The minimum atomic E-state index is -1.21. The second kappa shape index (κ2) is 9.24. The number of benzene rings is 2. The van der Waals surface area contributed by atoms with Gasteiger partial charge in [-0.05, 0) is 68.5 Å². The molecular weight excluding hydrogens is 520 g/mol. The van der Waals surface area contributed by atoms with Crippen molar-refractivity contribution < 1.29 is 28.6 Å². The number of ether oxygens (including phenoxy) is 2. The molecule has 1 N–H and O–H groups in total. The van der Waals surface area contributed by atoms with Gasteiger partial charge in [0, 0.05) is 36.4 Å². The summed E-state index contributed by atoms with van der Waals surface area (Å²) >= 11 is 0. The fraction of sp³-hybridized carbons (Fsp3) is 0.394.